The number of benzene rings is 1. The van der Waals surface area contributed by atoms with Gasteiger partial charge in [0.2, 0.25) is 0 Å². The molecule has 1 aromatic carbocycles. The van der Waals surface area contributed by atoms with Crippen molar-refractivity contribution in [2.75, 3.05) is 11.4 Å². The number of anilines is 1. The minimum absolute atomic E-state index is 0.892. The summed E-state index contributed by atoms with van der Waals surface area (Å²) in [5.41, 5.74) is 2.66. The molecule has 15 heavy (non-hydrogen) atoms. The molecule has 78 valence electrons. The van der Waals surface area contributed by atoms with E-state index in [0.29, 0.717) is 0 Å². The van der Waals surface area contributed by atoms with Crippen molar-refractivity contribution in [3.63, 3.8) is 0 Å². The molecular formula is C13H15NS. The molecule has 0 unspecified atom stereocenters. The van der Waals surface area contributed by atoms with Gasteiger partial charge in [-0.2, -0.15) is 0 Å². The molecule has 1 nitrogen and oxygen atoms in total. The fraction of sp³-hybridized carbons (Fsp3) is 0.231. The van der Waals surface area contributed by atoms with Crippen LogP contribution in [0.2, 0.25) is 0 Å². The minimum Gasteiger partial charge on any atom is -0.333 e. The van der Waals surface area contributed by atoms with Crippen LogP contribution >= 0.6 is 12.6 Å². The van der Waals surface area contributed by atoms with Gasteiger partial charge in [0.1, 0.15) is 0 Å². The van der Waals surface area contributed by atoms with Crippen molar-refractivity contribution in [1.82, 2.24) is 0 Å². The number of rotatable bonds is 2. The molecule has 0 aromatic heterocycles. The van der Waals surface area contributed by atoms with Crippen molar-refractivity contribution >= 4 is 18.3 Å². The van der Waals surface area contributed by atoms with Gasteiger partial charge in [-0.3, -0.25) is 0 Å². The van der Waals surface area contributed by atoms with Gasteiger partial charge >= 0.3 is 0 Å². The maximum Gasteiger partial charge on any atom is 0.0686 e. The van der Waals surface area contributed by atoms with Gasteiger partial charge in [0.25, 0.3) is 0 Å². The summed E-state index contributed by atoms with van der Waals surface area (Å²) >= 11 is 4.51. The van der Waals surface area contributed by atoms with E-state index in [4.69, 9.17) is 0 Å². The first-order valence-corrected chi connectivity index (χ1v) is 5.63. The predicted octanol–water partition coefficient (Wildman–Crippen LogP) is 3.40. The minimum atomic E-state index is 0.892. The number of allylic oxidation sites excluding steroid dienone is 2. The van der Waals surface area contributed by atoms with Crippen molar-refractivity contribution < 1.29 is 0 Å². The lowest BCUT2D eigenvalue weighted by Crippen LogP contribution is -2.23. The second-order valence-corrected chi connectivity index (χ2v) is 4.03. The Balaban J connectivity index is 2.33. The first-order valence-electron chi connectivity index (χ1n) is 5.18. The van der Waals surface area contributed by atoms with Crippen molar-refractivity contribution in [2.45, 2.75) is 13.3 Å². The number of hydrogen-bond acceptors (Lipinski definition) is 2. The van der Waals surface area contributed by atoms with Crippen LogP contribution in [0.25, 0.3) is 0 Å². The Kier molecular flexibility index (Phi) is 3.17. The fourth-order valence-electron chi connectivity index (χ4n) is 1.78. The number of hydrogen-bond donors (Lipinski definition) is 1. The van der Waals surface area contributed by atoms with E-state index in [0.717, 1.165) is 18.0 Å². The summed E-state index contributed by atoms with van der Waals surface area (Å²) in [5, 5.41) is 1.05. The molecule has 0 radical (unpaired) electrons. The Morgan fingerprint density at radius 1 is 1.40 bits per heavy atom. The Hall–Kier alpha value is -1.15. The van der Waals surface area contributed by atoms with Gasteiger partial charge in [0, 0.05) is 12.2 Å². The average molecular weight is 217 g/mol. The maximum absolute atomic E-state index is 4.51. The largest absolute Gasteiger partial charge is 0.333 e. The lowest BCUT2D eigenvalue weighted by molar-refractivity contribution is 1.01. The molecule has 0 saturated heterocycles. The van der Waals surface area contributed by atoms with Gasteiger partial charge in [-0.15, -0.1) is 12.6 Å². The van der Waals surface area contributed by atoms with Crippen LogP contribution in [-0.4, -0.2) is 6.54 Å². The lowest BCUT2D eigenvalue weighted by Gasteiger charge is -2.29. The molecule has 0 saturated carbocycles. The van der Waals surface area contributed by atoms with Crippen LogP contribution in [0.5, 0.6) is 0 Å². The third-order valence-electron chi connectivity index (χ3n) is 2.59. The van der Waals surface area contributed by atoms with Gasteiger partial charge in [-0.25, -0.2) is 0 Å². The molecule has 1 aliphatic heterocycles. The second-order valence-electron chi connectivity index (χ2n) is 3.57. The normalized spacial score (nSPS) is 15.3. The summed E-state index contributed by atoms with van der Waals surface area (Å²) in [4.78, 5) is 2.22. The van der Waals surface area contributed by atoms with E-state index in [2.05, 4.69) is 60.0 Å². The maximum atomic E-state index is 4.51. The quantitative estimate of drug-likeness (QED) is 0.587. The van der Waals surface area contributed by atoms with Gasteiger partial charge < -0.3 is 4.90 Å². The lowest BCUT2D eigenvalue weighted by atomic mass is 10.1. The van der Waals surface area contributed by atoms with Gasteiger partial charge in [0.05, 0.1) is 5.03 Å². The van der Waals surface area contributed by atoms with Gasteiger partial charge in [-0.1, -0.05) is 30.4 Å². The topological polar surface area (TPSA) is 3.24 Å². The van der Waals surface area contributed by atoms with Crippen LogP contribution < -0.4 is 4.90 Å². The summed E-state index contributed by atoms with van der Waals surface area (Å²) in [7, 11) is 0. The number of thiol groups is 1. The second kappa shape index (κ2) is 4.58. The Labute approximate surface area is 96.5 Å². The summed E-state index contributed by atoms with van der Waals surface area (Å²) < 4.78 is 0. The van der Waals surface area contributed by atoms with Crippen molar-refractivity contribution in [2.24, 2.45) is 0 Å². The van der Waals surface area contributed by atoms with Crippen LogP contribution in [-0.2, 0) is 6.42 Å². The first kappa shape index (κ1) is 10.4. The zero-order valence-electron chi connectivity index (χ0n) is 8.85. The number of para-hydroxylation sites is 1. The van der Waals surface area contributed by atoms with Gasteiger partial charge in [-0.05, 0) is 31.1 Å². The van der Waals surface area contributed by atoms with E-state index in [1.54, 1.807) is 0 Å². The van der Waals surface area contributed by atoms with Crippen molar-refractivity contribution in [1.29, 1.82) is 0 Å². The molecule has 0 amide bonds. The molecule has 0 atom stereocenters. The predicted molar refractivity (Wildman–Crippen MR) is 69.4 cm³/mol. The van der Waals surface area contributed by atoms with Crippen molar-refractivity contribution in [3.8, 4) is 0 Å². The molecule has 2 rings (SSSR count). The molecule has 0 fully saturated rings. The zero-order chi connectivity index (χ0) is 10.7. The zero-order valence-corrected chi connectivity index (χ0v) is 9.74. The molecule has 0 N–H and O–H groups in total. The van der Waals surface area contributed by atoms with Gasteiger partial charge in [0.15, 0.2) is 0 Å². The summed E-state index contributed by atoms with van der Waals surface area (Å²) in [5.74, 6) is 0. The van der Waals surface area contributed by atoms with Crippen molar-refractivity contribution in [3.05, 3.63) is 53.1 Å². The molecule has 1 aromatic rings. The first-order chi connectivity index (χ1) is 7.33. The molecule has 1 heterocycles. The fourth-order valence-corrected chi connectivity index (χ4v) is 2.06. The van der Waals surface area contributed by atoms with Crippen LogP contribution in [0.1, 0.15) is 12.5 Å². The van der Waals surface area contributed by atoms with Crippen LogP contribution in [0.4, 0.5) is 5.69 Å². The highest BCUT2D eigenvalue weighted by Crippen LogP contribution is 2.30. The van der Waals surface area contributed by atoms with Crippen LogP contribution in [0.3, 0.4) is 0 Å². The van der Waals surface area contributed by atoms with E-state index in [-0.39, 0.29) is 0 Å². The van der Waals surface area contributed by atoms with E-state index in [1.165, 1.54) is 11.3 Å². The molecule has 0 spiro atoms. The molecule has 0 aliphatic carbocycles. The molecule has 1 aliphatic rings. The van der Waals surface area contributed by atoms with Crippen LogP contribution in [0, 0.1) is 0 Å². The summed E-state index contributed by atoms with van der Waals surface area (Å²) in [6, 6.07) is 8.49. The monoisotopic (exact) mass is 217 g/mol. The Morgan fingerprint density at radius 3 is 3.00 bits per heavy atom. The van der Waals surface area contributed by atoms with E-state index >= 15 is 0 Å². The molecule has 0 bridgehead atoms. The summed E-state index contributed by atoms with van der Waals surface area (Å²) in [6.45, 7) is 2.93. The molecule has 2 heteroatoms. The van der Waals surface area contributed by atoms with E-state index < -0.39 is 0 Å². The highest BCUT2D eigenvalue weighted by molar-refractivity contribution is 7.84. The highest BCUT2D eigenvalue weighted by Gasteiger charge is 2.15. The molecular weight excluding hydrogens is 202 g/mol. The highest BCUT2D eigenvalue weighted by atomic mass is 32.1. The van der Waals surface area contributed by atoms with E-state index in [1.807, 2.05) is 6.92 Å². The SMILES string of the molecule is C/C=C/CN1C(S)=CCc2ccccc21. The Bertz CT molecular complexity index is 407. The standard InChI is InChI=1S/C13H15NS/c1-2-3-10-14-12-7-5-4-6-11(12)8-9-13(14)15/h2-7,9,15H,8,10H2,1H3/b3-2+. The average Bonchev–Trinajstić information content (AvgIpc) is 2.28. The van der Waals surface area contributed by atoms with E-state index in [9.17, 15) is 0 Å². The van der Waals surface area contributed by atoms with Crippen LogP contribution in [0.15, 0.2) is 47.5 Å². The third kappa shape index (κ3) is 2.10. The summed E-state index contributed by atoms with van der Waals surface area (Å²) in [6.07, 6.45) is 7.36. The Morgan fingerprint density at radius 2 is 2.20 bits per heavy atom. The smallest absolute Gasteiger partial charge is 0.0686 e. The number of fused-ring (bicyclic) bond motifs is 1. The number of nitrogens with zero attached hydrogens (tertiary/aromatic N) is 1. The third-order valence-corrected chi connectivity index (χ3v) is 3.01.